The summed E-state index contributed by atoms with van der Waals surface area (Å²) in [5.41, 5.74) is 2.50. The molecule has 1 atom stereocenters. The van der Waals surface area contributed by atoms with Crippen molar-refractivity contribution >= 4 is 28.5 Å². The number of nitrogens with zero attached hydrogens (tertiary/aromatic N) is 5. The lowest BCUT2D eigenvalue weighted by Crippen LogP contribution is -2.37. The molecule has 0 aliphatic carbocycles. The molecule has 5 rings (SSSR count). The zero-order valence-corrected chi connectivity index (χ0v) is 16.8. The number of allylic oxidation sites excluding steroid dienone is 1. The number of fused-ring (bicyclic) bond motifs is 1. The molecule has 0 saturated carbocycles. The summed E-state index contributed by atoms with van der Waals surface area (Å²) >= 11 is 0. The number of hydrogen-bond acceptors (Lipinski definition) is 4. The van der Waals surface area contributed by atoms with Crippen LogP contribution in [-0.2, 0) is 12.7 Å². The van der Waals surface area contributed by atoms with Gasteiger partial charge in [-0.3, -0.25) is 9.98 Å². The first-order chi connectivity index (χ1) is 15.5. The minimum Gasteiger partial charge on any atom is -0.333 e. The number of pyridine rings is 1. The molecule has 1 aliphatic rings. The summed E-state index contributed by atoms with van der Waals surface area (Å²) in [5, 5.41) is 1.01. The summed E-state index contributed by atoms with van der Waals surface area (Å²) in [5.74, 6) is 0. The van der Waals surface area contributed by atoms with Gasteiger partial charge in [0, 0.05) is 41.4 Å². The van der Waals surface area contributed by atoms with Crippen LogP contribution in [0.4, 0.5) is 18.9 Å². The Morgan fingerprint density at radius 3 is 2.56 bits per heavy atom. The SMILES string of the molecule is FC(F)(F)c1ccc(N2C(c3ccc4cccnc4c3)=CC=NC2Cn2ccnc2)cc1. The van der Waals surface area contributed by atoms with Crippen LogP contribution in [0.2, 0.25) is 0 Å². The summed E-state index contributed by atoms with van der Waals surface area (Å²) in [6.45, 7) is 0.487. The third-order valence-electron chi connectivity index (χ3n) is 5.36. The highest BCUT2D eigenvalue weighted by molar-refractivity contribution is 5.95. The Morgan fingerprint density at radius 1 is 0.969 bits per heavy atom. The lowest BCUT2D eigenvalue weighted by molar-refractivity contribution is -0.137. The van der Waals surface area contributed by atoms with E-state index in [2.05, 4.69) is 15.0 Å². The quantitative estimate of drug-likeness (QED) is 0.433. The molecule has 0 bridgehead atoms. The van der Waals surface area contributed by atoms with Crippen molar-refractivity contribution in [3.63, 3.8) is 0 Å². The number of anilines is 1. The number of alkyl halides is 3. The largest absolute Gasteiger partial charge is 0.416 e. The molecule has 2 aromatic carbocycles. The third-order valence-corrected chi connectivity index (χ3v) is 5.36. The molecule has 3 heterocycles. The van der Waals surface area contributed by atoms with E-state index < -0.39 is 11.7 Å². The van der Waals surface area contributed by atoms with Gasteiger partial charge in [-0.2, -0.15) is 13.2 Å². The average molecular weight is 433 g/mol. The number of benzene rings is 2. The fourth-order valence-corrected chi connectivity index (χ4v) is 3.82. The molecule has 160 valence electrons. The van der Waals surface area contributed by atoms with Crippen LogP contribution in [0.1, 0.15) is 11.1 Å². The standard InChI is InChI=1S/C24H18F3N5/c25-24(26,27)19-5-7-20(8-6-19)32-22(9-11-30-23(32)15-31-13-12-28-16-31)18-4-3-17-2-1-10-29-21(17)14-18/h1-14,16,23H,15H2. The van der Waals surface area contributed by atoms with Gasteiger partial charge in [-0.25, -0.2) is 4.98 Å². The predicted molar refractivity (Wildman–Crippen MR) is 118 cm³/mol. The first-order valence-electron chi connectivity index (χ1n) is 10.00. The molecule has 1 unspecified atom stereocenters. The number of aromatic nitrogens is 3. The van der Waals surface area contributed by atoms with Gasteiger partial charge in [-0.15, -0.1) is 0 Å². The van der Waals surface area contributed by atoms with Crippen LogP contribution < -0.4 is 4.90 Å². The van der Waals surface area contributed by atoms with Crippen molar-refractivity contribution in [2.45, 2.75) is 18.9 Å². The highest BCUT2D eigenvalue weighted by atomic mass is 19.4. The van der Waals surface area contributed by atoms with Crippen molar-refractivity contribution in [2.24, 2.45) is 4.99 Å². The van der Waals surface area contributed by atoms with Gasteiger partial charge in [0.25, 0.3) is 0 Å². The molecule has 32 heavy (non-hydrogen) atoms. The molecule has 0 N–H and O–H groups in total. The Bertz CT molecular complexity index is 1290. The van der Waals surface area contributed by atoms with Gasteiger partial charge in [0.2, 0.25) is 0 Å². The average Bonchev–Trinajstić information content (AvgIpc) is 3.31. The Labute approximate surface area is 182 Å². The van der Waals surface area contributed by atoms with Crippen molar-refractivity contribution in [3.8, 4) is 0 Å². The van der Waals surface area contributed by atoms with Crippen LogP contribution >= 0.6 is 0 Å². The summed E-state index contributed by atoms with van der Waals surface area (Å²) < 4.78 is 41.2. The second-order valence-corrected chi connectivity index (χ2v) is 7.42. The molecule has 0 amide bonds. The zero-order valence-electron chi connectivity index (χ0n) is 16.8. The van der Waals surface area contributed by atoms with E-state index >= 15 is 0 Å². The number of rotatable bonds is 4. The van der Waals surface area contributed by atoms with Gasteiger partial charge in [-0.05, 0) is 42.5 Å². The smallest absolute Gasteiger partial charge is 0.333 e. The molecule has 0 radical (unpaired) electrons. The molecule has 5 nitrogen and oxygen atoms in total. The van der Waals surface area contributed by atoms with E-state index in [1.165, 1.54) is 12.1 Å². The third kappa shape index (κ3) is 3.87. The van der Waals surface area contributed by atoms with Crippen LogP contribution in [0, 0.1) is 0 Å². The maximum atomic E-state index is 13.1. The van der Waals surface area contributed by atoms with Crippen molar-refractivity contribution in [1.82, 2.24) is 14.5 Å². The fraction of sp³-hybridized carbons (Fsp3) is 0.125. The maximum Gasteiger partial charge on any atom is 0.416 e. The fourth-order valence-electron chi connectivity index (χ4n) is 3.82. The molecule has 4 aromatic rings. The monoisotopic (exact) mass is 433 g/mol. The molecule has 2 aromatic heterocycles. The Balaban J connectivity index is 1.58. The van der Waals surface area contributed by atoms with Gasteiger partial charge < -0.3 is 9.47 Å². The first-order valence-corrected chi connectivity index (χ1v) is 10.00. The Morgan fingerprint density at radius 2 is 1.81 bits per heavy atom. The van der Waals surface area contributed by atoms with E-state index in [0.717, 1.165) is 34.3 Å². The van der Waals surface area contributed by atoms with Crippen LogP contribution in [0.25, 0.3) is 16.6 Å². The summed E-state index contributed by atoms with van der Waals surface area (Å²) in [6, 6.07) is 15.0. The van der Waals surface area contributed by atoms with E-state index in [1.807, 2.05) is 52.1 Å². The van der Waals surface area contributed by atoms with Crippen LogP contribution in [-0.4, -0.2) is 26.9 Å². The van der Waals surface area contributed by atoms with Crippen molar-refractivity contribution < 1.29 is 13.2 Å². The first kappa shape index (κ1) is 20.0. The lowest BCUT2D eigenvalue weighted by atomic mass is 10.0. The highest BCUT2D eigenvalue weighted by Gasteiger charge is 2.31. The maximum absolute atomic E-state index is 13.1. The van der Waals surface area contributed by atoms with Gasteiger partial charge in [0.1, 0.15) is 6.17 Å². The minimum absolute atomic E-state index is 0.361. The van der Waals surface area contributed by atoms with E-state index in [4.69, 9.17) is 0 Å². The van der Waals surface area contributed by atoms with Gasteiger partial charge in [-0.1, -0.05) is 18.2 Å². The topological polar surface area (TPSA) is 46.3 Å². The minimum atomic E-state index is -4.39. The highest BCUT2D eigenvalue weighted by Crippen LogP contribution is 2.35. The second kappa shape index (κ2) is 7.96. The normalized spacial score (nSPS) is 16.4. The van der Waals surface area contributed by atoms with Crippen molar-refractivity contribution in [2.75, 3.05) is 4.90 Å². The molecule has 0 fully saturated rings. The summed E-state index contributed by atoms with van der Waals surface area (Å²) in [6.07, 6.45) is 5.79. The van der Waals surface area contributed by atoms with E-state index in [0.29, 0.717) is 12.2 Å². The molecular formula is C24H18F3N5. The van der Waals surface area contributed by atoms with E-state index in [1.54, 1.807) is 24.9 Å². The second-order valence-electron chi connectivity index (χ2n) is 7.42. The number of hydrogen-bond donors (Lipinski definition) is 0. The molecule has 0 spiro atoms. The Kier molecular flexibility index (Phi) is 4.97. The number of imidazole rings is 1. The molecule has 1 aliphatic heterocycles. The number of aliphatic imine (C=N–C) groups is 1. The lowest BCUT2D eigenvalue weighted by Gasteiger charge is -2.35. The van der Waals surface area contributed by atoms with Gasteiger partial charge in [0.15, 0.2) is 0 Å². The summed E-state index contributed by atoms with van der Waals surface area (Å²) in [4.78, 5) is 15.1. The van der Waals surface area contributed by atoms with Crippen LogP contribution in [0.3, 0.4) is 0 Å². The van der Waals surface area contributed by atoms with E-state index in [-0.39, 0.29) is 6.17 Å². The van der Waals surface area contributed by atoms with Gasteiger partial charge in [0.05, 0.1) is 29.6 Å². The number of halogens is 3. The Hall–Kier alpha value is -3.94. The summed E-state index contributed by atoms with van der Waals surface area (Å²) in [7, 11) is 0. The molecule has 0 saturated heterocycles. The van der Waals surface area contributed by atoms with Crippen molar-refractivity contribution in [3.05, 3.63) is 96.7 Å². The zero-order chi connectivity index (χ0) is 22.1. The molecule has 8 heteroatoms. The van der Waals surface area contributed by atoms with Crippen LogP contribution in [0.15, 0.2) is 90.6 Å². The van der Waals surface area contributed by atoms with Gasteiger partial charge >= 0.3 is 6.18 Å². The van der Waals surface area contributed by atoms with E-state index in [9.17, 15) is 13.2 Å². The molecular weight excluding hydrogens is 415 g/mol. The van der Waals surface area contributed by atoms with Crippen molar-refractivity contribution in [1.29, 1.82) is 0 Å². The van der Waals surface area contributed by atoms with Crippen LogP contribution in [0.5, 0.6) is 0 Å². The predicted octanol–water partition coefficient (Wildman–Crippen LogP) is 5.41.